The maximum Gasteiger partial charge on any atom is 0.101 e. The molecule has 0 aromatic rings. The van der Waals surface area contributed by atoms with Crippen LogP contribution in [-0.4, -0.2) is 17.8 Å². The molecule has 0 fully saturated rings. The minimum absolute atomic E-state index is 0.0383. The molecule has 12 heavy (non-hydrogen) atoms. The fraction of sp³-hybridized carbons (Fsp3) is 0.667. The number of aliphatic hydroxyl groups is 1. The molecule has 1 N–H and O–H groups in total. The molecule has 1 unspecified atom stereocenters. The summed E-state index contributed by atoms with van der Waals surface area (Å²) in [6.45, 7) is 6.03. The van der Waals surface area contributed by atoms with E-state index in [0.717, 1.165) is 0 Å². The number of nitriles is 1. The van der Waals surface area contributed by atoms with Crippen molar-refractivity contribution in [2.75, 3.05) is 6.61 Å². The standard InChI is InChI=1S/C9H15NO2/c1-4-12-6-8(5-10)9(11)7(2)3/h6-7,9,11H,4H2,1-3H3/b8-6-. The lowest BCUT2D eigenvalue weighted by molar-refractivity contribution is 0.157. The van der Waals surface area contributed by atoms with Gasteiger partial charge in [0.2, 0.25) is 0 Å². The van der Waals surface area contributed by atoms with Crippen molar-refractivity contribution >= 4 is 0 Å². The van der Waals surface area contributed by atoms with Crippen LogP contribution in [0.3, 0.4) is 0 Å². The number of hydrogen-bond donors (Lipinski definition) is 1. The van der Waals surface area contributed by atoms with E-state index in [1.165, 1.54) is 6.26 Å². The zero-order valence-corrected chi connectivity index (χ0v) is 7.74. The van der Waals surface area contributed by atoms with Gasteiger partial charge in [-0.3, -0.25) is 0 Å². The minimum Gasteiger partial charge on any atom is -0.500 e. The summed E-state index contributed by atoms with van der Waals surface area (Å²) in [7, 11) is 0. The van der Waals surface area contributed by atoms with E-state index in [9.17, 15) is 5.11 Å². The Morgan fingerprint density at radius 3 is 2.58 bits per heavy atom. The molecule has 3 nitrogen and oxygen atoms in total. The Morgan fingerprint density at radius 1 is 1.67 bits per heavy atom. The van der Waals surface area contributed by atoms with Crippen molar-refractivity contribution in [1.29, 1.82) is 5.26 Å². The van der Waals surface area contributed by atoms with E-state index in [1.807, 2.05) is 26.8 Å². The molecule has 0 aliphatic carbocycles. The van der Waals surface area contributed by atoms with E-state index >= 15 is 0 Å². The van der Waals surface area contributed by atoms with Gasteiger partial charge in [-0.05, 0) is 12.8 Å². The number of aliphatic hydroxyl groups excluding tert-OH is 1. The van der Waals surface area contributed by atoms with E-state index in [1.54, 1.807) is 0 Å². The molecular formula is C9H15NO2. The highest BCUT2D eigenvalue weighted by molar-refractivity contribution is 5.23. The smallest absolute Gasteiger partial charge is 0.101 e. The van der Waals surface area contributed by atoms with Crippen LogP contribution in [0.1, 0.15) is 20.8 Å². The Balaban J connectivity index is 4.26. The Labute approximate surface area is 73.3 Å². The molecule has 0 rings (SSSR count). The average Bonchev–Trinajstić information content (AvgIpc) is 2.05. The van der Waals surface area contributed by atoms with Gasteiger partial charge in [-0.1, -0.05) is 13.8 Å². The number of ether oxygens (including phenoxy) is 1. The summed E-state index contributed by atoms with van der Waals surface area (Å²) in [6, 6.07) is 1.90. The second-order valence-electron chi connectivity index (χ2n) is 2.83. The van der Waals surface area contributed by atoms with Gasteiger partial charge < -0.3 is 9.84 Å². The topological polar surface area (TPSA) is 53.2 Å². The van der Waals surface area contributed by atoms with Crippen LogP contribution in [-0.2, 0) is 4.74 Å². The van der Waals surface area contributed by atoms with Crippen molar-refractivity contribution in [1.82, 2.24) is 0 Å². The lowest BCUT2D eigenvalue weighted by Crippen LogP contribution is -2.16. The van der Waals surface area contributed by atoms with Crippen LogP contribution < -0.4 is 0 Å². The third-order valence-electron chi connectivity index (χ3n) is 1.46. The largest absolute Gasteiger partial charge is 0.500 e. The van der Waals surface area contributed by atoms with Crippen molar-refractivity contribution < 1.29 is 9.84 Å². The zero-order valence-electron chi connectivity index (χ0n) is 7.74. The van der Waals surface area contributed by atoms with Crippen LogP contribution in [0, 0.1) is 17.2 Å². The molecule has 0 radical (unpaired) electrons. The molecule has 3 heteroatoms. The summed E-state index contributed by atoms with van der Waals surface area (Å²) in [6.07, 6.45) is 0.603. The van der Waals surface area contributed by atoms with Crippen molar-refractivity contribution in [3.8, 4) is 6.07 Å². The molecule has 0 saturated carbocycles. The Morgan fingerprint density at radius 2 is 2.25 bits per heavy atom. The summed E-state index contributed by atoms with van der Waals surface area (Å²) in [5.41, 5.74) is 0.284. The van der Waals surface area contributed by atoms with E-state index in [0.29, 0.717) is 6.61 Å². The van der Waals surface area contributed by atoms with Crippen LogP contribution in [0.15, 0.2) is 11.8 Å². The fourth-order valence-corrected chi connectivity index (χ4v) is 0.694. The monoisotopic (exact) mass is 169 g/mol. The van der Waals surface area contributed by atoms with Crippen LogP contribution in [0.2, 0.25) is 0 Å². The first kappa shape index (κ1) is 11.0. The minimum atomic E-state index is -0.721. The SMILES string of the molecule is CCO/C=C(/C#N)C(O)C(C)C. The van der Waals surface area contributed by atoms with Crippen LogP contribution in [0.5, 0.6) is 0 Å². The van der Waals surface area contributed by atoms with Gasteiger partial charge in [-0.2, -0.15) is 5.26 Å². The van der Waals surface area contributed by atoms with Gasteiger partial charge in [-0.25, -0.2) is 0 Å². The van der Waals surface area contributed by atoms with Gasteiger partial charge in [0, 0.05) is 0 Å². The Bertz CT molecular complexity index is 191. The fourth-order valence-electron chi connectivity index (χ4n) is 0.694. The van der Waals surface area contributed by atoms with Crippen molar-refractivity contribution in [3.63, 3.8) is 0 Å². The van der Waals surface area contributed by atoms with Crippen LogP contribution in [0.4, 0.5) is 0 Å². The average molecular weight is 169 g/mol. The quantitative estimate of drug-likeness (QED) is 0.512. The number of rotatable bonds is 4. The van der Waals surface area contributed by atoms with Crippen molar-refractivity contribution in [2.24, 2.45) is 5.92 Å². The molecule has 0 amide bonds. The normalized spacial score (nSPS) is 14.2. The van der Waals surface area contributed by atoms with Crippen molar-refractivity contribution in [3.05, 3.63) is 11.8 Å². The van der Waals surface area contributed by atoms with Crippen molar-refractivity contribution in [2.45, 2.75) is 26.9 Å². The summed E-state index contributed by atoms with van der Waals surface area (Å²) < 4.78 is 4.91. The second-order valence-corrected chi connectivity index (χ2v) is 2.83. The third kappa shape index (κ3) is 3.40. The number of nitrogens with zero attached hydrogens (tertiary/aromatic N) is 1. The maximum absolute atomic E-state index is 9.44. The molecule has 0 aromatic heterocycles. The highest BCUT2D eigenvalue weighted by Gasteiger charge is 2.14. The summed E-state index contributed by atoms with van der Waals surface area (Å²) in [4.78, 5) is 0. The highest BCUT2D eigenvalue weighted by atomic mass is 16.5. The predicted octanol–water partition coefficient (Wildman–Crippen LogP) is 1.45. The van der Waals surface area contributed by atoms with E-state index in [2.05, 4.69) is 0 Å². The van der Waals surface area contributed by atoms with Crippen LogP contribution in [0.25, 0.3) is 0 Å². The molecule has 0 saturated heterocycles. The molecular weight excluding hydrogens is 154 g/mol. The van der Waals surface area contributed by atoms with Gasteiger partial charge in [0.1, 0.15) is 6.07 Å². The van der Waals surface area contributed by atoms with E-state index < -0.39 is 6.10 Å². The van der Waals surface area contributed by atoms with Crippen LogP contribution >= 0.6 is 0 Å². The zero-order chi connectivity index (χ0) is 9.56. The first-order valence-corrected chi connectivity index (χ1v) is 4.03. The van der Waals surface area contributed by atoms with E-state index in [-0.39, 0.29) is 11.5 Å². The first-order chi connectivity index (χ1) is 5.63. The molecule has 1 atom stereocenters. The molecule has 0 aliphatic heterocycles. The van der Waals surface area contributed by atoms with Gasteiger partial charge in [0.15, 0.2) is 0 Å². The highest BCUT2D eigenvalue weighted by Crippen LogP contribution is 2.10. The first-order valence-electron chi connectivity index (χ1n) is 4.03. The number of hydrogen-bond acceptors (Lipinski definition) is 3. The lowest BCUT2D eigenvalue weighted by Gasteiger charge is -2.12. The molecule has 68 valence electrons. The van der Waals surface area contributed by atoms with Gasteiger partial charge in [-0.15, -0.1) is 0 Å². The van der Waals surface area contributed by atoms with Gasteiger partial charge >= 0.3 is 0 Å². The Kier molecular flexibility index (Phi) is 5.14. The van der Waals surface area contributed by atoms with Gasteiger partial charge in [0.05, 0.1) is 24.5 Å². The van der Waals surface area contributed by atoms with E-state index in [4.69, 9.17) is 10.00 Å². The van der Waals surface area contributed by atoms with Gasteiger partial charge in [0.25, 0.3) is 0 Å². The molecule has 0 aromatic carbocycles. The summed E-state index contributed by atoms with van der Waals surface area (Å²) >= 11 is 0. The molecule has 0 heterocycles. The molecule has 0 bridgehead atoms. The predicted molar refractivity (Wildman–Crippen MR) is 46.2 cm³/mol. The third-order valence-corrected chi connectivity index (χ3v) is 1.46. The maximum atomic E-state index is 9.44. The molecule has 0 spiro atoms. The summed E-state index contributed by atoms with van der Waals surface area (Å²) in [5, 5.41) is 18.1. The Hall–Kier alpha value is -1.01. The second kappa shape index (κ2) is 5.62. The summed E-state index contributed by atoms with van der Waals surface area (Å²) in [5.74, 6) is 0.0383. The lowest BCUT2D eigenvalue weighted by atomic mass is 10.0. The molecule has 0 aliphatic rings.